The zero-order valence-corrected chi connectivity index (χ0v) is 12.9. The number of esters is 1. The van der Waals surface area contributed by atoms with Crippen LogP contribution in [0.5, 0.6) is 0 Å². The Hall–Kier alpha value is -2.41. The normalized spacial score (nSPS) is 12.4. The van der Waals surface area contributed by atoms with E-state index in [1.54, 1.807) is 24.3 Å². The third-order valence-electron chi connectivity index (χ3n) is 3.16. The Bertz CT molecular complexity index is 567. The number of nitrogens with two attached hydrogens (primary N) is 2. The standard InChI is InChI=1S/C15H21N3O4/c1-15(2,14(21)22-3)18-13(20)11(16)8-9-4-6-10(7-5-9)12(17)19/h4-7,11H,8,16H2,1-3H3,(H2,17,19)(H,18,20). The van der Waals surface area contributed by atoms with E-state index < -0.39 is 29.4 Å². The highest BCUT2D eigenvalue weighted by atomic mass is 16.5. The molecule has 0 saturated heterocycles. The molecule has 120 valence electrons. The molecule has 0 radical (unpaired) electrons. The zero-order valence-electron chi connectivity index (χ0n) is 12.9. The smallest absolute Gasteiger partial charge is 0.330 e. The van der Waals surface area contributed by atoms with Crippen molar-refractivity contribution in [2.24, 2.45) is 11.5 Å². The molecule has 5 N–H and O–H groups in total. The predicted molar refractivity (Wildman–Crippen MR) is 80.9 cm³/mol. The molecule has 0 fully saturated rings. The quantitative estimate of drug-likeness (QED) is 0.624. The molecule has 1 aromatic rings. The van der Waals surface area contributed by atoms with Gasteiger partial charge in [0.05, 0.1) is 13.2 Å². The fraction of sp³-hybridized carbons (Fsp3) is 0.400. The van der Waals surface area contributed by atoms with E-state index in [-0.39, 0.29) is 6.42 Å². The maximum Gasteiger partial charge on any atom is 0.330 e. The summed E-state index contributed by atoms with van der Waals surface area (Å²) >= 11 is 0. The minimum atomic E-state index is -1.15. The van der Waals surface area contributed by atoms with Gasteiger partial charge in [-0.1, -0.05) is 12.1 Å². The molecule has 7 heteroatoms. The summed E-state index contributed by atoms with van der Waals surface area (Å²) in [6.45, 7) is 3.07. The molecule has 0 aromatic heterocycles. The molecule has 0 aliphatic rings. The van der Waals surface area contributed by atoms with Crippen LogP contribution in [-0.2, 0) is 20.7 Å². The first-order valence-electron chi connectivity index (χ1n) is 6.72. The molecule has 0 aliphatic heterocycles. The molecule has 7 nitrogen and oxygen atoms in total. The topological polar surface area (TPSA) is 125 Å². The second-order valence-corrected chi connectivity index (χ2v) is 5.48. The van der Waals surface area contributed by atoms with Crippen LogP contribution in [0.15, 0.2) is 24.3 Å². The van der Waals surface area contributed by atoms with Crippen LogP contribution < -0.4 is 16.8 Å². The van der Waals surface area contributed by atoms with E-state index in [4.69, 9.17) is 11.5 Å². The molecule has 22 heavy (non-hydrogen) atoms. The van der Waals surface area contributed by atoms with Crippen molar-refractivity contribution in [2.75, 3.05) is 7.11 Å². The number of hydrogen-bond donors (Lipinski definition) is 3. The van der Waals surface area contributed by atoms with Gasteiger partial charge in [-0.15, -0.1) is 0 Å². The first kappa shape index (κ1) is 17.6. The Balaban J connectivity index is 2.68. The monoisotopic (exact) mass is 307 g/mol. The van der Waals surface area contributed by atoms with Crippen LogP contribution in [-0.4, -0.2) is 36.5 Å². The third-order valence-corrected chi connectivity index (χ3v) is 3.16. The van der Waals surface area contributed by atoms with E-state index in [1.807, 2.05) is 0 Å². The lowest BCUT2D eigenvalue weighted by atomic mass is 10.0. The summed E-state index contributed by atoms with van der Waals surface area (Å²) < 4.78 is 4.61. The number of rotatable bonds is 6. The fourth-order valence-corrected chi connectivity index (χ4v) is 1.86. The van der Waals surface area contributed by atoms with Gasteiger partial charge in [-0.25, -0.2) is 4.79 Å². The van der Waals surface area contributed by atoms with Crippen molar-refractivity contribution in [3.8, 4) is 0 Å². The van der Waals surface area contributed by atoms with Crippen molar-refractivity contribution >= 4 is 17.8 Å². The van der Waals surface area contributed by atoms with E-state index in [0.29, 0.717) is 5.56 Å². The van der Waals surface area contributed by atoms with Gasteiger partial charge < -0.3 is 21.5 Å². The summed E-state index contributed by atoms with van der Waals surface area (Å²) in [6.07, 6.45) is 0.266. The Labute approximate surface area is 129 Å². The molecule has 0 heterocycles. The van der Waals surface area contributed by atoms with E-state index in [2.05, 4.69) is 10.1 Å². The summed E-state index contributed by atoms with van der Waals surface area (Å²) in [5, 5.41) is 2.54. The van der Waals surface area contributed by atoms with Crippen LogP contribution in [0.1, 0.15) is 29.8 Å². The summed E-state index contributed by atoms with van der Waals surface area (Å²) in [6, 6.07) is 5.67. The second kappa shape index (κ2) is 7.04. The number of primary amides is 1. The molecular weight excluding hydrogens is 286 g/mol. The van der Waals surface area contributed by atoms with E-state index in [9.17, 15) is 14.4 Å². The molecule has 1 atom stereocenters. The SMILES string of the molecule is COC(=O)C(C)(C)NC(=O)C(N)Cc1ccc(C(N)=O)cc1. The van der Waals surface area contributed by atoms with Crippen molar-refractivity contribution in [1.29, 1.82) is 0 Å². The molecule has 1 aromatic carbocycles. The van der Waals surface area contributed by atoms with Gasteiger partial charge in [0.1, 0.15) is 5.54 Å². The summed E-state index contributed by atoms with van der Waals surface area (Å²) in [4.78, 5) is 34.6. The average Bonchev–Trinajstić information content (AvgIpc) is 2.46. The van der Waals surface area contributed by atoms with E-state index in [0.717, 1.165) is 5.56 Å². The van der Waals surface area contributed by atoms with Gasteiger partial charge in [-0.2, -0.15) is 0 Å². The molecule has 0 aliphatic carbocycles. The molecule has 0 bridgehead atoms. The van der Waals surface area contributed by atoms with Crippen LogP contribution in [0.4, 0.5) is 0 Å². The van der Waals surface area contributed by atoms with Crippen LogP contribution >= 0.6 is 0 Å². The highest BCUT2D eigenvalue weighted by Gasteiger charge is 2.32. The molecule has 1 rings (SSSR count). The van der Waals surface area contributed by atoms with Crippen molar-refractivity contribution in [3.05, 3.63) is 35.4 Å². The summed E-state index contributed by atoms with van der Waals surface area (Å²) in [5.74, 6) is -1.54. The highest BCUT2D eigenvalue weighted by Crippen LogP contribution is 2.08. The van der Waals surface area contributed by atoms with Gasteiger partial charge in [0, 0.05) is 5.56 Å². The lowest BCUT2D eigenvalue weighted by Crippen LogP contribution is -2.55. The lowest BCUT2D eigenvalue weighted by molar-refractivity contribution is -0.149. The fourth-order valence-electron chi connectivity index (χ4n) is 1.86. The molecule has 0 saturated carbocycles. The molecule has 1 unspecified atom stereocenters. The van der Waals surface area contributed by atoms with Crippen molar-refractivity contribution < 1.29 is 19.1 Å². The number of methoxy groups -OCH3 is 1. The highest BCUT2D eigenvalue weighted by molar-refractivity contribution is 5.93. The van der Waals surface area contributed by atoms with Gasteiger partial charge in [-0.3, -0.25) is 9.59 Å². The largest absolute Gasteiger partial charge is 0.467 e. The number of carbonyl (C=O) groups excluding carboxylic acids is 3. The zero-order chi connectivity index (χ0) is 16.9. The number of ether oxygens (including phenoxy) is 1. The predicted octanol–water partition coefficient (Wildman–Crippen LogP) is -0.277. The minimum absolute atomic E-state index is 0.266. The van der Waals surface area contributed by atoms with Crippen molar-refractivity contribution in [2.45, 2.75) is 31.8 Å². The van der Waals surface area contributed by atoms with E-state index >= 15 is 0 Å². The van der Waals surface area contributed by atoms with Gasteiger partial charge in [0.15, 0.2) is 0 Å². The van der Waals surface area contributed by atoms with E-state index in [1.165, 1.54) is 21.0 Å². The third kappa shape index (κ3) is 4.56. The Kier molecular flexibility index (Phi) is 5.64. The number of amides is 2. The Morgan fingerprint density at radius 1 is 1.23 bits per heavy atom. The Morgan fingerprint density at radius 3 is 2.23 bits per heavy atom. The molecular formula is C15H21N3O4. The molecule has 2 amide bonds. The lowest BCUT2D eigenvalue weighted by Gasteiger charge is -2.25. The summed E-state index contributed by atoms with van der Waals surface area (Å²) in [7, 11) is 1.25. The number of carbonyl (C=O) groups is 3. The number of nitrogens with one attached hydrogen (secondary N) is 1. The van der Waals surface area contributed by atoms with Crippen LogP contribution in [0.3, 0.4) is 0 Å². The van der Waals surface area contributed by atoms with Crippen molar-refractivity contribution in [3.63, 3.8) is 0 Å². The minimum Gasteiger partial charge on any atom is -0.467 e. The maximum absolute atomic E-state index is 12.0. The van der Waals surface area contributed by atoms with Gasteiger partial charge >= 0.3 is 5.97 Å². The first-order valence-corrected chi connectivity index (χ1v) is 6.72. The van der Waals surface area contributed by atoms with Crippen molar-refractivity contribution in [1.82, 2.24) is 5.32 Å². The first-order chi connectivity index (χ1) is 10.2. The maximum atomic E-state index is 12.0. The van der Waals surface area contributed by atoms with Crippen LogP contribution in [0.25, 0.3) is 0 Å². The number of benzene rings is 1. The van der Waals surface area contributed by atoms with Gasteiger partial charge in [0.2, 0.25) is 11.8 Å². The number of hydrogen-bond acceptors (Lipinski definition) is 5. The van der Waals surface area contributed by atoms with Gasteiger partial charge in [-0.05, 0) is 38.0 Å². The summed E-state index contributed by atoms with van der Waals surface area (Å²) in [5.41, 5.74) is 11.0. The second-order valence-electron chi connectivity index (χ2n) is 5.48. The van der Waals surface area contributed by atoms with Crippen LogP contribution in [0, 0.1) is 0 Å². The molecule has 0 spiro atoms. The van der Waals surface area contributed by atoms with Crippen LogP contribution in [0.2, 0.25) is 0 Å². The Morgan fingerprint density at radius 2 is 1.77 bits per heavy atom. The van der Waals surface area contributed by atoms with Gasteiger partial charge in [0.25, 0.3) is 0 Å². The average molecular weight is 307 g/mol.